The van der Waals surface area contributed by atoms with Crippen LogP contribution in [-0.4, -0.2) is 49.5 Å². The molecule has 186 valence electrons. The number of ether oxygens (including phenoxy) is 3. The van der Waals surface area contributed by atoms with E-state index >= 15 is 0 Å². The molecule has 7 heteroatoms. The summed E-state index contributed by atoms with van der Waals surface area (Å²) in [6.07, 6.45) is 6.44. The normalized spacial score (nSPS) is 13.7. The van der Waals surface area contributed by atoms with Crippen molar-refractivity contribution in [3.8, 4) is 22.8 Å². The predicted octanol–water partition coefficient (Wildman–Crippen LogP) is 6.08. The van der Waals surface area contributed by atoms with Gasteiger partial charge in [0.2, 0.25) is 5.95 Å². The van der Waals surface area contributed by atoms with Crippen LogP contribution >= 0.6 is 0 Å². The maximum absolute atomic E-state index is 6.24. The van der Waals surface area contributed by atoms with Gasteiger partial charge in [-0.3, -0.25) is 0 Å². The van der Waals surface area contributed by atoms with Gasteiger partial charge in [-0.2, -0.15) is 0 Å². The molecule has 1 aromatic heterocycles. The first-order valence-electron chi connectivity index (χ1n) is 12.7. The summed E-state index contributed by atoms with van der Waals surface area (Å²) in [4.78, 5) is 11.6. The highest BCUT2D eigenvalue weighted by Crippen LogP contribution is 2.33. The minimum Gasteiger partial charge on any atom is -0.491 e. The van der Waals surface area contributed by atoms with Crippen LogP contribution in [0.1, 0.15) is 39.5 Å². The number of benzene rings is 2. The Morgan fingerprint density at radius 2 is 1.77 bits per heavy atom. The molecule has 0 unspecified atom stereocenters. The third-order valence-electron chi connectivity index (χ3n) is 5.85. The maximum atomic E-state index is 6.24. The number of unbranched alkanes of at least 4 members (excludes halogenated alkanes) is 2. The Balaban J connectivity index is 1.64. The molecule has 0 saturated carbocycles. The van der Waals surface area contributed by atoms with Gasteiger partial charge in [-0.15, -0.1) is 0 Å². The van der Waals surface area contributed by atoms with Crippen LogP contribution in [0.4, 0.5) is 17.3 Å². The Kier molecular flexibility index (Phi) is 9.17. The van der Waals surface area contributed by atoms with Crippen molar-refractivity contribution in [2.24, 2.45) is 0 Å². The molecule has 0 atom stereocenters. The van der Waals surface area contributed by atoms with Gasteiger partial charge in [-0.1, -0.05) is 38.8 Å². The molecule has 2 heterocycles. The number of nitrogens with zero attached hydrogens (tertiary/aromatic N) is 3. The highest BCUT2D eigenvalue weighted by atomic mass is 16.5. The topological polar surface area (TPSA) is 68.7 Å². The molecule has 35 heavy (non-hydrogen) atoms. The Bertz CT molecular complexity index is 1080. The van der Waals surface area contributed by atoms with E-state index < -0.39 is 0 Å². The molecular formula is C28H36N4O3. The van der Waals surface area contributed by atoms with Gasteiger partial charge < -0.3 is 24.4 Å². The van der Waals surface area contributed by atoms with Crippen molar-refractivity contribution in [3.05, 3.63) is 54.7 Å². The summed E-state index contributed by atoms with van der Waals surface area (Å²) in [5, 5.41) is 3.35. The molecule has 1 aliphatic rings. The Morgan fingerprint density at radius 1 is 0.886 bits per heavy atom. The molecule has 3 aromatic rings. The first-order valence-corrected chi connectivity index (χ1v) is 12.7. The summed E-state index contributed by atoms with van der Waals surface area (Å²) in [5.41, 5.74) is 3.79. The number of aromatic nitrogens is 2. The minimum atomic E-state index is 0.465. The largest absolute Gasteiger partial charge is 0.491 e. The zero-order valence-electron chi connectivity index (χ0n) is 20.8. The number of hydrogen-bond acceptors (Lipinski definition) is 7. The summed E-state index contributed by atoms with van der Waals surface area (Å²) in [5.74, 6) is 2.16. The molecule has 1 aliphatic heterocycles. The molecule has 4 rings (SSSR count). The van der Waals surface area contributed by atoms with Crippen LogP contribution < -0.4 is 19.7 Å². The van der Waals surface area contributed by atoms with E-state index in [1.54, 1.807) is 6.20 Å². The molecule has 0 spiro atoms. The zero-order chi connectivity index (χ0) is 24.3. The first kappa shape index (κ1) is 24.8. The van der Waals surface area contributed by atoms with Gasteiger partial charge in [0.05, 0.1) is 24.6 Å². The van der Waals surface area contributed by atoms with Crippen molar-refractivity contribution in [1.82, 2.24) is 9.97 Å². The second-order valence-electron chi connectivity index (χ2n) is 8.60. The molecule has 0 fully saturated rings. The fraction of sp³-hybridized carbons (Fsp3) is 0.429. The maximum Gasteiger partial charge on any atom is 0.227 e. The van der Waals surface area contributed by atoms with Crippen molar-refractivity contribution in [2.45, 2.75) is 39.5 Å². The molecule has 0 aliphatic carbocycles. The lowest BCUT2D eigenvalue weighted by Crippen LogP contribution is -2.26. The quantitative estimate of drug-likeness (QED) is 0.414. The van der Waals surface area contributed by atoms with Crippen molar-refractivity contribution in [3.63, 3.8) is 0 Å². The fourth-order valence-electron chi connectivity index (χ4n) is 4.13. The molecule has 0 amide bonds. The monoisotopic (exact) mass is 476 g/mol. The summed E-state index contributed by atoms with van der Waals surface area (Å²) < 4.78 is 17.9. The van der Waals surface area contributed by atoms with Gasteiger partial charge in [0.15, 0.2) is 0 Å². The third kappa shape index (κ3) is 7.09. The Morgan fingerprint density at radius 3 is 2.63 bits per heavy atom. The average molecular weight is 477 g/mol. The number of rotatable bonds is 7. The molecular weight excluding hydrogens is 440 g/mol. The second kappa shape index (κ2) is 13.0. The number of nitrogens with one attached hydrogen (secondary N) is 1. The van der Waals surface area contributed by atoms with Crippen LogP contribution in [0.5, 0.6) is 11.5 Å². The number of fused-ring (bicyclic) bond motifs is 7. The second-order valence-corrected chi connectivity index (χ2v) is 8.60. The van der Waals surface area contributed by atoms with Gasteiger partial charge >= 0.3 is 0 Å². The van der Waals surface area contributed by atoms with E-state index in [0.717, 1.165) is 53.6 Å². The van der Waals surface area contributed by atoms with Gasteiger partial charge in [-0.25, -0.2) is 9.97 Å². The van der Waals surface area contributed by atoms with Gasteiger partial charge in [-0.05, 0) is 43.2 Å². The number of hydrogen-bond donors (Lipinski definition) is 1. The van der Waals surface area contributed by atoms with Crippen molar-refractivity contribution < 1.29 is 14.2 Å². The minimum absolute atomic E-state index is 0.465. The lowest BCUT2D eigenvalue weighted by Gasteiger charge is -2.27. The van der Waals surface area contributed by atoms with E-state index in [1.165, 1.54) is 19.3 Å². The third-order valence-corrected chi connectivity index (χ3v) is 5.85. The van der Waals surface area contributed by atoms with Crippen LogP contribution in [0, 0.1) is 0 Å². The van der Waals surface area contributed by atoms with Crippen molar-refractivity contribution in [2.75, 3.05) is 49.7 Å². The van der Waals surface area contributed by atoms with Crippen LogP contribution in [0.3, 0.4) is 0 Å². The highest BCUT2D eigenvalue weighted by Gasteiger charge is 2.14. The van der Waals surface area contributed by atoms with Crippen LogP contribution in [-0.2, 0) is 4.74 Å². The van der Waals surface area contributed by atoms with E-state index in [0.29, 0.717) is 32.4 Å². The van der Waals surface area contributed by atoms with Crippen LogP contribution in [0.25, 0.3) is 11.3 Å². The fourth-order valence-corrected chi connectivity index (χ4v) is 4.13. The van der Waals surface area contributed by atoms with E-state index in [9.17, 15) is 0 Å². The van der Waals surface area contributed by atoms with E-state index in [2.05, 4.69) is 41.2 Å². The Labute approximate surface area is 208 Å². The number of anilines is 3. The standard InChI is InChI=1S/C28H36N4O3/c1-3-5-6-15-32(14-4-2)26-11-10-23-21-27(26)35-19-17-33-16-18-34-24-9-7-8-22(20-24)25-12-13-29-28(30-23)31-25/h7-13,20-21H,3-6,14-19H2,1-2H3,(H,29,30,31). The zero-order valence-corrected chi connectivity index (χ0v) is 20.8. The first-order chi connectivity index (χ1) is 17.3. The van der Waals surface area contributed by atoms with Crippen molar-refractivity contribution in [1.29, 1.82) is 0 Å². The average Bonchev–Trinajstić information content (AvgIpc) is 2.88. The van der Waals surface area contributed by atoms with Crippen LogP contribution in [0.2, 0.25) is 0 Å². The summed E-state index contributed by atoms with van der Waals surface area (Å²) >= 11 is 0. The summed E-state index contributed by atoms with van der Waals surface area (Å²) in [7, 11) is 0. The molecule has 1 N–H and O–H groups in total. The van der Waals surface area contributed by atoms with Gasteiger partial charge in [0, 0.05) is 36.6 Å². The van der Waals surface area contributed by atoms with E-state index in [1.807, 2.05) is 36.4 Å². The summed E-state index contributed by atoms with van der Waals surface area (Å²) in [6.45, 7) is 8.39. The van der Waals surface area contributed by atoms with Crippen LogP contribution in [0.15, 0.2) is 54.7 Å². The SMILES string of the molecule is CCCCCN(CCC)c1ccc2cc1OCCOCCOc1cccc(c1)-c1ccnc(n1)N2. The van der Waals surface area contributed by atoms with E-state index in [4.69, 9.17) is 19.2 Å². The lowest BCUT2D eigenvalue weighted by atomic mass is 10.1. The predicted molar refractivity (Wildman–Crippen MR) is 141 cm³/mol. The Hall–Kier alpha value is -3.32. The molecule has 6 bridgehead atoms. The highest BCUT2D eigenvalue weighted by molar-refractivity contribution is 5.68. The lowest BCUT2D eigenvalue weighted by molar-refractivity contribution is 0.0765. The molecule has 7 nitrogen and oxygen atoms in total. The molecule has 0 radical (unpaired) electrons. The molecule has 0 saturated heterocycles. The smallest absolute Gasteiger partial charge is 0.227 e. The van der Waals surface area contributed by atoms with Gasteiger partial charge in [0.25, 0.3) is 0 Å². The summed E-state index contributed by atoms with van der Waals surface area (Å²) in [6, 6.07) is 16.1. The van der Waals surface area contributed by atoms with Crippen molar-refractivity contribution >= 4 is 17.3 Å². The van der Waals surface area contributed by atoms with E-state index in [-0.39, 0.29) is 0 Å². The molecule has 2 aromatic carbocycles. The van der Waals surface area contributed by atoms with Gasteiger partial charge in [0.1, 0.15) is 24.7 Å².